The zero-order chi connectivity index (χ0) is 11.4. The third kappa shape index (κ3) is 2.24. The third-order valence-corrected chi connectivity index (χ3v) is 2.64. The Hall–Kier alpha value is -2.19. The van der Waals surface area contributed by atoms with Crippen molar-refractivity contribution in [2.45, 2.75) is 0 Å². The van der Waals surface area contributed by atoms with Crippen LogP contribution >= 0.6 is 11.3 Å². The van der Waals surface area contributed by atoms with Gasteiger partial charge in [-0.25, -0.2) is 4.98 Å². The first-order chi connectivity index (χ1) is 7.79. The quantitative estimate of drug-likeness (QED) is 0.859. The first-order valence-corrected chi connectivity index (χ1v) is 5.39. The second kappa shape index (κ2) is 4.55. The van der Waals surface area contributed by atoms with E-state index in [0.29, 0.717) is 0 Å². The van der Waals surface area contributed by atoms with E-state index in [1.165, 1.54) is 11.3 Å². The number of hydrogen-bond acceptors (Lipinski definition) is 4. The van der Waals surface area contributed by atoms with Gasteiger partial charge in [0.2, 0.25) is 0 Å². The van der Waals surface area contributed by atoms with Crippen LogP contribution in [-0.4, -0.2) is 10.9 Å². The standard InChI is InChI=1S/C11H7N3OS/c12-7-8-3-1-4-9(13-8)11(15)14-10-5-2-6-16-10/h1-6H,(H,14,15). The van der Waals surface area contributed by atoms with E-state index in [4.69, 9.17) is 5.26 Å². The van der Waals surface area contributed by atoms with E-state index in [0.717, 1.165) is 5.00 Å². The smallest absolute Gasteiger partial charge is 0.274 e. The van der Waals surface area contributed by atoms with Crippen LogP contribution in [0.15, 0.2) is 35.7 Å². The topological polar surface area (TPSA) is 65.8 Å². The summed E-state index contributed by atoms with van der Waals surface area (Å²) < 4.78 is 0. The average molecular weight is 229 g/mol. The molecular weight excluding hydrogens is 222 g/mol. The summed E-state index contributed by atoms with van der Waals surface area (Å²) in [6, 6.07) is 10.3. The van der Waals surface area contributed by atoms with Crippen LogP contribution in [0.5, 0.6) is 0 Å². The van der Waals surface area contributed by atoms with Crippen LogP contribution in [0.2, 0.25) is 0 Å². The van der Waals surface area contributed by atoms with Crippen LogP contribution < -0.4 is 5.32 Å². The first kappa shape index (κ1) is 10.3. The summed E-state index contributed by atoms with van der Waals surface area (Å²) in [6.45, 7) is 0. The van der Waals surface area contributed by atoms with Gasteiger partial charge in [0, 0.05) is 0 Å². The van der Waals surface area contributed by atoms with Gasteiger partial charge in [0.15, 0.2) is 0 Å². The van der Waals surface area contributed by atoms with Crippen molar-refractivity contribution in [3.63, 3.8) is 0 Å². The van der Waals surface area contributed by atoms with Crippen LogP contribution in [0.1, 0.15) is 16.2 Å². The van der Waals surface area contributed by atoms with Crippen molar-refractivity contribution >= 4 is 22.2 Å². The monoisotopic (exact) mass is 229 g/mol. The van der Waals surface area contributed by atoms with E-state index in [1.54, 1.807) is 24.3 Å². The molecule has 0 aliphatic heterocycles. The number of carbonyl (C=O) groups is 1. The number of carbonyl (C=O) groups excluding carboxylic acids is 1. The number of nitrogens with zero attached hydrogens (tertiary/aromatic N) is 2. The highest BCUT2D eigenvalue weighted by Gasteiger charge is 2.08. The lowest BCUT2D eigenvalue weighted by atomic mass is 10.3. The van der Waals surface area contributed by atoms with E-state index >= 15 is 0 Å². The van der Waals surface area contributed by atoms with Gasteiger partial charge in [0.05, 0.1) is 5.00 Å². The Morgan fingerprint density at radius 3 is 2.94 bits per heavy atom. The minimum absolute atomic E-state index is 0.235. The van der Waals surface area contributed by atoms with Crippen LogP contribution in [0.4, 0.5) is 5.00 Å². The Bertz CT molecular complexity index is 543. The Balaban J connectivity index is 2.18. The van der Waals surface area contributed by atoms with Gasteiger partial charge in [-0.15, -0.1) is 11.3 Å². The Morgan fingerprint density at radius 1 is 1.38 bits per heavy atom. The zero-order valence-electron chi connectivity index (χ0n) is 8.18. The van der Waals surface area contributed by atoms with Crippen molar-refractivity contribution < 1.29 is 4.79 Å². The predicted octanol–water partition coefficient (Wildman–Crippen LogP) is 2.27. The second-order valence-corrected chi connectivity index (χ2v) is 3.90. The maximum absolute atomic E-state index is 11.7. The molecule has 0 saturated carbocycles. The molecule has 2 heterocycles. The number of pyridine rings is 1. The van der Waals surface area contributed by atoms with Crippen molar-refractivity contribution in [3.8, 4) is 6.07 Å². The molecule has 0 aliphatic rings. The van der Waals surface area contributed by atoms with E-state index in [1.807, 2.05) is 17.5 Å². The molecule has 0 saturated heterocycles. The molecule has 1 amide bonds. The Kier molecular flexibility index (Phi) is 2.94. The average Bonchev–Trinajstić information content (AvgIpc) is 2.82. The largest absolute Gasteiger partial charge is 0.312 e. The van der Waals surface area contributed by atoms with Gasteiger partial charge in [-0.1, -0.05) is 6.07 Å². The summed E-state index contributed by atoms with van der Waals surface area (Å²) in [5, 5.41) is 14.0. The number of hydrogen-bond donors (Lipinski definition) is 1. The molecular formula is C11H7N3OS. The summed E-state index contributed by atoms with van der Waals surface area (Å²) in [6.07, 6.45) is 0. The maximum Gasteiger partial charge on any atom is 0.274 e. The van der Waals surface area contributed by atoms with Gasteiger partial charge in [-0.05, 0) is 29.6 Å². The molecule has 0 unspecified atom stereocenters. The van der Waals surface area contributed by atoms with Crippen LogP contribution in [0, 0.1) is 11.3 Å². The van der Waals surface area contributed by atoms with Crippen LogP contribution in [0.25, 0.3) is 0 Å². The molecule has 2 aromatic rings. The van der Waals surface area contributed by atoms with E-state index in [9.17, 15) is 4.79 Å². The van der Waals surface area contributed by atoms with Crippen LogP contribution in [0.3, 0.4) is 0 Å². The molecule has 0 spiro atoms. The van der Waals surface area contributed by atoms with Gasteiger partial charge < -0.3 is 5.32 Å². The fourth-order valence-electron chi connectivity index (χ4n) is 1.15. The molecule has 0 atom stereocenters. The lowest BCUT2D eigenvalue weighted by molar-refractivity contribution is 0.102. The fraction of sp³-hybridized carbons (Fsp3) is 0. The Labute approximate surface area is 96.2 Å². The number of nitriles is 1. The molecule has 5 heteroatoms. The molecule has 0 fully saturated rings. The molecule has 2 aromatic heterocycles. The zero-order valence-corrected chi connectivity index (χ0v) is 8.99. The Morgan fingerprint density at radius 2 is 2.25 bits per heavy atom. The minimum atomic E-state index is -0.306. The first-order valence-electron chi connectivity index (χ1n) is 4.51. The number of rotatable bonds is 2. The molecule has 2 rings (SSSR count). The highest BCUT2D eigenvalue weighted by Crippen LogP contribution is 2.15. The molecule has 0 aromatic carbocycles. The number of thiophene rings is 1. The van der Waals surface area contributed by atoms with Crippen molar-refractivity contribution in [2.75, 3.05) is 5.32 Å². The minimum Gasteiger partial charge on any atom is -0.312 e. The molecule has 78 valence electrons. The van der Waals surface area contributed by atoms with Gasteiger partial charge >= 0.3 is 0 Å². The highest BCUT2D eigenvalue weighted by molar-refractivity contribution is 7.14. The van der Waals surface area contributed by atoms with Gasteiger partial charge in [0.25, 0.3) is 5.91 Å². The normalized spacial score (nSPS) is 9.44. The SMILES string of the molecule is N#Cc1cccc(C(=O)Nc2cccs2)n1. The number of amides is 1. The highest BCUT2D eigenvalue weighted by atomic mass is 32.1. The van der Waals surface area contributed by atoms with Crippen molar-refractivity contribution in [2.24, 2.45) is 0 Å². The third-order valence-electron chi connectivity index (χ3n) is 1.85. The summed E-state index contributed by atoms with van der Waals surface area (Å²) in [4.78, 5) is 15.6. The lowest BCUT2D eigenvalue weighted by Crippen LogP contribution is -2.13. The number of nitrogens with one attached hydrogen (secondary N) is 1. The van der Waals surface area contributed by atoms with Crippen molar-refractivity contribution in [1.82, 2.24) is 4.98 Å². The van der Waals surface area contributed by atoms with Gasteiger partial charge in [-0.3, -0.25) is 4.79 Å². The number of anilines is 1. The summed E-state index contributed by atoms with van der Waals surface area (Å²) in [5.74, 6) is -0.306. The predicted molar refractivity (Wildman–Crippen MR) is 61.2 cm³/mol. The van der Waals surface area contributed by atoms with Crippen molar-refractivity contribution in [3.05, 3.63) is 47.1 Å². The second-order valence-electron chi connectivity index (χ2n) is 2.95. The summed E-state index contributed by atoms with van der Waals surface area (Å²) in [7, 11) is 0. The number of aromatic nitrogens is 1. The molecule has 1 N–H and O–H groups in total. The lowest BCUT2D eigenvalue weighted by Gasteiger charge is -2.01. The molecule has 4 nitrogen and oxygen atoms in total. The van der Waals surface area contributed by atoms with E-state index in [-0.39, 0.29) is 17.3 Å². The summed E-state index contributed by atoms with van der Waals surface area (Å²) >= 11 is 1.43. The summed E-state index contributed by atoms with van der Waals surface area (Å²) in [5.41, 5.74) is 0.478. The van der Waals surface area contributed by atoms with Crippen molar-refractivity contribution in [1.29, 1.82) is 5.26 Å². The van der Waals surface area contributed by atoms with E-state index in [2.05, 4.69) is 10.3 Å². The molecule has 0 aliphatic carbocycles. The van der Waals surface area contributed by atoms with Gasteiger partial charge in [0.1, 0.15) is 17.5 Å². The molecule has 16 heavy (non-hydrogen) atoms. The van der Waals surface area contributed by atoms with Crippen LogP contribution in [-0.2, 0) is 0 Å². The van der Waals surface area contributed by atoms with E-state index < -0.39 is 0 Å². The maximum atomic E-state index is 11.7. The van der Waals surface area contributed by atoms with Gasteiger partial charge in [-0.2, -0.15) is 5.26 Å². The molecule has 0 radical (unpaired) electrons. The molecule has 0 bridgehead atoms. The fourth-order valence-corrected chi connectivity index (χ4v) is 1.76.